The molecule has 23 heavy (non-hydrogen) atoms. The standard InChI is InChI=1S/C19H21NO3/c1-13-6-4-5-7-16(13)17-12-23-18-10-14(19(21)22-3)8-9-15(18)11-20(17)2/h4-10,17H,11-12H2,1-3H3/t17-/m1/s1. The van der Waals surface area contributed by atoms with Gasteiger partial charge in [0.25, 0.3) is 0 Å². The van der Waals surface area contributed by atoms with Gasteiger partial charge in [0, 0.05) is 12.1 Å². The van der Waals surface area contributed by atoms with Gasteiger partial charge < -0.3 is 9.47 Å². The average Bonchev–Trinajstić information content (AvgIpc) is 2.72. The summed E-state index contributed by atoms with van der Waals surface area (Å²) in [6.45, 7) is 3.45. The molecule has 1 atom stereocenters. The van der Waals surface area contributed by atoms with E-state index in [0.29, 0.717) is 12.2 Å². The molecule has 1 aliphatic rings. The third-order valence-corrected chi connectivity index (χ3v) is 4.38. The van der Waals surface area contributed by atoms with Crippen LogP contribution in [0.25, 0.3) is 0 Å². The summed E-state index contributed by atoms with van der Waals surface area (Å²) in [6.07, 6.45) is 0. The second-order valence-electron chi connectivity index (χ2n) is 5.91. The molecule has 0 aliphatic carbocycles. The summed E-state index contributed by atoms with van der Waals surface area (Å²) >= 11 is 0. The van der Waals surface area contributed by atoms with Gasteiger partial charge in [0.1, 0.15) is 12.4 Å². The molecule has 0 radical (unpaired) electrons. The van der Waals surface area contributed by atoms with Gasteiger partial charge in [-0.2, -0.15) is 0 Å². The van der Waals surface area contributed by atoms with Gasteiger partial charge in [-0.3, -0.25) is 4.90 Å². The highest BCUT2D eigenvalue weighted by Crippen LogP contribution is 2.32. The van der Waals surface area contributed by atoms with Gasteiger partial charge in [-0.15, -0.1) is 0 Å². The van der Waals surface area contributed by atoms with E-state index in [9.17, 15) is 4.79 Å². The fourth-order valence-electron chi connectivity index (χ4n) is 3.03. The summed E-state index contributed by atoms with van der Waals surface area (Å²) in [5.74, 6) is 0.417. The molecule has 4 nitrogen and oxygen atoms in total. The molecule has 120 valence electrons. The Kier molecular flexibility index (Phi) is 4.35. The molecule has 0 fully saturated rings. The van der Waals surface area contributed by atoms with Crippen LogP contribution in [0.4, 0.5) is 0 Å². The van der Waals surface area contributed by atoms with Gasteiger partial charge in [0.15, 0.2) is 0 Å². The van der Waals surface area contributed by atoms with Gasteiger partial charge in [-0.25, -0.2) is 4.79 Å². The first-order valence-electron chi connectivity index (χ1n) is 7.70. The van der Waals surface area contributed by atoms with E-state index in [2.05, 4.69) is 37.1 Å². The van der Waals surface area contributed by atoms with Crippen LogP contribution in [0.2, 0.25) is 0 Å². The second-order valence-corrected chi connectivity index (χ2v) is 5.91. The summed E-state index contributed by atoms with van der Waals surface area (Å²) in [4.78, 5) is 14.0. The minimum Gasteiger partial charge on any atom is -0.491 e. The molecule has 3 rings (SSSR count). The Balaban J connectivity index is 1.90. The Labute approximate surface area is 136 Å². The number of hydrogen-bond donors (Lipinski definition) is 0. The monoisotopic (exact) mass is 311 g/mol. The topological polar surface area (TPSA) is 38.8 Å². The molecule has 0 N–H and O–H groups in total. The minimum atomic E-state index is -0.343. The number of benzene rings is 2. The third kappa shape index (κ3) is 3.08. The fraction of sp³-hybridized carbons (Fsp3) is 0.316. The van der Waals surface area contributed by atoms with Crippen molar-refractivity contribution in [3.8, 4) is 5.75 Å². The zero-order valence-electron chi connectivity index (χ0n) is 13.7. The van der Waals surface area contributed by atoms with Crippen molar-refractivity contribution < 1.29 is 14.3 Å². The Bertz CT molecular complexity index is 726. The summed E-state index contributed by atoms with van der Waals surface area (Å²) in [5.41, 5.74) is 4.13. The van der Waals surface area contributed by atoms with Crippen molar-refractivity contribution in [1.82, 2.24) is 4.90 Å². The van der Waals surface area contributed by atoms with Crippen LogP contribution >= 0.6 is 0 Å². The van der Waals surface area contributed by atoms with Crippen LogP contribution in [-0.2, 0) is 11.3 Å². The molecule has 0 saturated heterocycles. The molecule has 0 spiro atoms. The van der Waals surface area contributed by atoms with E-state index in [1.54, 1.807) is 12.1 Å². The van der Waals surface area contributed by atoms with Crippen LogP contribution in [0, 0.1) is 6.92 Å². The van der Waals surface area contributed by atoms with Crippen LogP contribution in [0.15, 0.2) is 42.5 Å². The molecule has 2 aromatic carbocycles. The third-order valence-electron chi connectivity index (χ3n) is 4.38. The van der Waals surface area contributed by atoms with E-state index >= 15 is 0 Å². The van der Waals surface area contributed by atoms with Crippen molar-refractivity contribution in [2.24, 2.45) is 0 Å². The predicted octanol–water partition coefficient (Wildman–Crippen LogP) is 3.35. The number of nitrogens with zero attached hydrogens (tertiary/aromatic N) is 1. The summed E-state index contributed by atoms with van der Waals surface area (Å²) in [6, 6.07) is 14.1. The van der Waals surface area contributed by atoms with E-state index in [1.807, 2.05) is 12.1 Å². The summed E-state index contributed by atoms with van der Waals surface area (Å²) in [5, 5.41) is 0. The maximum absolute atomic E-state index is 11.7. The first kappa shape index (κ1) is 15.6. The molecular weight excluding hydrogens is 290 g/mol. The lowest BCUT2D eigenvalue weighted by Gasteiger charge is -2.26. The van der Waals surface area contributed by atoms with E-state index < -0.39 is 0 Å². The van der Waals surface area contributed by atoms with Gasteiger partial charge in [-0.05, 0) is 37.2 Å². The van der Waals surface area contributed by atoms with E-state index in [1.165, 1.54) is 18.2 Å². The van der Waals surface area contributed by atoms with Gasteiger partial charge in [0.05, 0.1) is 18.7 Å². The highest BCUT2D eigenvalue weighted by Gasteiger charge is 2.25. The number of esters is 1. The highest BCUT2D eigenvalue weighted by molar-refractivity contribution is 5.89. The largest absolute Gasteiger partial charge is 0.491 e. The van der Waals surface area contributed by atoms with Crippen LogP contribution < -0.4 is 4.74 Å². The lowest BCUT2D eigenvalue weighted by molar-refractivity contribution is 0.0600. The molecule has 1 heterocycles. The maximum Gasteiger partial charge on any atom is 0.337 e. The summed E-state index contributed by atoms with van der Waals surface area (Å²) in [7, 11) is 3.49. The zero-order chi connectivity index (χ0) is 16.4. The van der Waals surface area contributed by atoms with Crippen molar-refractivity contribution in [2.45, 2.75) is 19.5 Å². The quantitative estimate of drug-likeness (QED) is 0.797. The first-order valence-corrected chi connectivity index (χ1v) is 7.70. The van der Waals surface area contributed by atoms with Gasteiger partial charge in [-0.1, -0.05) is 30.3 Å². The Morgan fingerprint density at radius 2 is 2.04 bits per heavy atom. The molecule has 1 aliphatic heterocycles. The van der Waals surface area contributed by atoms with Crippen LogP contribution in [0.5, 0.6) is 5.75 Å². The SMILES string of the molecule is COC(=O)c1ccc2c(c1)OC[C@H](c1ccccc1C)N(C)C2. The summed E-state index contributed by atoms with van der Waals surface area (Å²) < 4.78 is 10.8. The highest BCUT2D eigenvalue weighted by atomic mass is 16.5. The van der Waals surface area contributed by atoms with Crippen molar-refractivity contribution in [3.63, 3.8) is 0 Å². The smallest absolute Gasteiger partial charge is 0.337 e. The number of hydrogen-bond acceptors (Lipinski definition) is 4. The minimum absolute atomic E-state index is 0.185. The molecular formula is C19H21NO3. The maximum atomic E-state index is 11.7. The fourth-order valence-corrected chi connectivity index (χ4v) is 3.03. The number of rotatable bonds is 2. The number of likely N-dealkylation sites (N-methyl/N-ethyl adjacent to an activating group) is 1. The normalized spacial score (nSPS) is 17.8. The van der Waals surface area contributed by atoms with Crippen LogP contribution in [0.3, 0.4) is 0 Å². The van der Waals surface area contributed by atoms with Gasteiger partial charge >= 0.3 is 5.97 Å². The second kappa shape index (κ2) is 6.42. The van der Waals surface area contributed by atoms with E-state index in [0.717, 1.165) is 17.9 Å². The zero-order valence-corrected chi connectivity index (χ0v) is 13.7. The van der Waals surface area contributed by atoms with Crippen LogP contribution in [0.1, 0.15) is 33.1 Å². The average molecular weight is 311 g/mol. The van der Waals surface area contributed by atoms with Crippen molar-refractivity contribution in [1.29, 1.82) is 0 Å². The molecule has 0 saturated carbocycles. The molecule has 0 bridgehead atoms. The number of carbonyl (C=O) groups excluding carboxylic acids is 1. The van der Waals surface area contributed by atoms with Crippen molar-refractivity contribution in [3.05, 3.63) is 64.7 Å². The Hall–Kier alpha value is -2.33. The Morgan fingerprint density at radius 1 is 1.26 bits per heavy atom. The number of methoxy groups -OCH3 is 1. The van der Waals surface area contributed by atoms with E-state index in [4.69, 9.17) is 9.47 Å². The molecule has 2 aromatic rings. The number of carbonyl (C=O) groups is 1. The number of aryl methyl sites for hydroxylation is 1. The first-order chi connectivity index (χ1) is 11.1. The van der Waals surface area contributed by atoms with E-state index in [-0.39, 0.29) is 12.0 Å². The number of ether oxygens (including phenoxy) is 2. The lowest BCUT2D eigenvalue weighted by atomic mass is 10.0. The van der Waals surface area contributed by atoms with Crippen molar-refractivity contribution >= 4 is 5.97 Å². The van der Waals surface area contributed by atoms with Crippen molar-refractivity contribution in [2.75, 3.05) is 20.8 Å². The molecule has 0 aromatic heterocycles. The molecule has 0 amide bonds. The molecule has 4 heteroatoms. The predicted molar refractivity (Wildman–Crippen MR) is 88.7 cm³/mol. The Morgan fingerprint density at radius 3 is 2.78 bits per heavy atom. The van der Waals surface area contributed by atoms with Crippen LogP contribution in [-0.4, -0.2) is 31.6 Å². The molecule has 0 unspecified atom stereocenters. The number of fused-ring (bicyclic) bond motifs is 1. The lowest BCUT2D eigenvalue weighted by Crippen LogP contribution is -2.27. The van der Waals surface area contributed by atoms with Gasteiger partial charge in [0.2, 0.25) is 0 Å².